The van der Waals surface area contributed by atoms with Crippen molar-refractivity contribution in [2.45, 2.75) is 26.2 Å². The van der Waals surface area contributed by atoms with Gasteiger partial charge in [-0.25, -0.2) is 8.78 Å². The molecule has 0 bridgehead atoms. The maximum atomic E-state index is 12.7. The van der Waals surface area contributed by atoms with E-state index in [4.69, 9.17) is 4.74 Å². The van der Waals surface area contributed by atoms with Crippen LogP contribution in [-0.2, 0) is 4.74 Å². The van der Waals surface area contributed by atoms with E-state index in [0.29, 0.717) is 13.2 Å². The van der Waals surface area contributed by atoms with Gasteiger partial charge in [-0.05, 0) is 13.0 Å². The first kappa shape index (κ1) is 11.8. The van der Waals surface area contributed by atoms with Gasteiger partial charge in [0, 0.05) is 6.61 Å². The second kappa shape index (κ2) is 6.31. The molecule has 0 saturated heterocycles. The summed E-state index contributed by atoms with van der Waals surface area (Å²) in [6.45, 7) is 3.87. The molecule has 0 aliphatic heterocycles. The number of ether oxygens (including phenoxy) is 1. The Balaban J connectivity index is 3.42. The van der Waals surface area contributed by atoms with Crippen LogP contribution in [0.4, 0.5) is 8.78 Å². The quantitative estimate of drug-likeness (QED) is 0.603. The molecule has 0 aliphatic rings. The van der Waals surface area contributed by atoms with E-state index in [-0.39, 0.29) is 6.54 Å². The van der Waals surface area contributed by atoms with Gasteiger partial charge in [-0.2, -0.15) is 0 Å². The zero-order valence-electron chi connectivity index (χ0n) is 7.70. The molecular formula is C8H17F2NO. The Morgan fingerprint density at radius 2 is 2.00 bits per heavy atom. The van der Waals surface area contributed by atoms with Crippen LogP contribution in [0.25, 0.3) is 0 Å². The molecule has 74 valence electrons. The average Bonchev–Trinajstić information content (AvgIpc) is 2.01. The molecule has 0 amide bonds. The normalized spacial score (nSPS) is 12.0. The Morgan fingerprint density at radius 3 is 2.50 bits per heavy atom. The number of rotatable bonds is 7. The van der Waals surface area contributed by atoms with Gasteiger partial charge < -0.3 is 10.1 Å². The zero-order valence-corrected chi connectivity index (χ0v) is 7.70. The van der Waals surface area contributed by atoms with Crippen molar-refractivity contribution in [3.05, 3.63) is 0 Å². The summed E-state index contributed by atoms with van der Waals surface area (Å²) < 4.78 is 30.2. The van der Waals surface area contributed by atoms with Crippen molar-refractivity contribution in [2.75, 3.05) is 26.3 Å². The first-order valence-electron chi connectivity index (χ1n) is 4.28. The molecule has 1 N–H and O–H groups in total. The third kappa shape index (κ3) is 6.49. The lowest BCUT2D eigenvalue weighted by atomic mass is 10.3. The lowest BCUT2D eigenvalue weighted by Gasteiger charge is -2.16. The smallest absolute Gasteiger partial charge is 0.283 e. The van der Waals surface area contributed by atoms with E-state index in [0.717, 1.165) is 6.42 Å². The molecule has 0 unspecified atom stereocenters. The SMILES string of the molecule is CCCOCC(F)(F)CNCC. The average molecular weight is 181 g/mol. The van der Waals surface area contributed by atoms with E-state index in [1.165, 1.54) is 0 Å². The number of nitrogens with one attached hydrogen (secondary N) is 1. The molecule has 0 rings (SSSR count). The minimum absolute atomic E-state index is 0.298. The standard InChI is InChI=1S/C8H17F2NO/c1-3-5-12-7-8(9,10)6-11-4-2/h11H,3-7H2,1-2H3. The van der Waals surface area contributed by atoms with Crippen molar-refractivity contribution in [1.82, 2.24) is 5.32 Å². The minimum Gasteiger partial charge on any atom is -0.375 e. The molecular weight excluding hydrogens is 164 g/mol. The highest BCUT2D eigenvalue weighted by molar-refractivity contribution is 4.67. The molecule has 4 heteroatoms. The first-order valence-corrected chi connectivity index (χ1v) is 4.28. The van der Waals surface area contributed by atoms with E-state index in [9.17, 15) is 8.78 Å². The van der Waals surface area contributed by atoms with Crippen LogP contribution < -0.4 is 5.32 Å². The number of hydrogen-bond donors (Lipinski definition) is 1. The van der Waals surface area contributed by atoms with E-state index < -0.39 is 12.5 Å². The second-order valence-corrected chi connectivity index (χ2v) is 2.69. The monoisotopic (exact) mass is 181 g/mol. The van der Waals surface area contributed by atoms with Crippen molar-refractivity contribution in [2.24, 2.45) is 0 Å². The molecule has 0 aliphatic carbocycles. The third-order valence-corrected chi connectivity index (χ3v) is 1.30. The van der Waals surface area contributed by atoms with Gasteiger partial charge in [-0.1, -0.05) is 13.8 Å². The lowest BCUT2D eigenvalue weighted by molar-refractivity contribution is -0.0741. The van der Waals surface area contributed by atoms with E-state index in [2.05, 4.69) is 5.32 Å². The fourth-order valence-corrected chi connectivity index (χ4v) is 0.725. The molecule has 0 heterocycles. The van der Waals surface area contributed by atoms with E-state index >= 15 is 0 Å². The van der Waals surface area contributed by atoms with Crippen molar-refractivity contribution in [3.63, 3.8) is 0 Å². The number of alkyl halides is 2. The molecule has 0 aromatic carbocycles. The van der Waals surface area contributed by atoms with Gasteiger partial charge >= 0.3 is 0 Å². The van der Waals surface area contributed by atoms with Crippen LogP contribution in [0.1, 0.15) is 20.3 Å². The van der Waals surface area contributed by atoms with Crippen LogP contribution in [0, 0.1) is 0 Å². The fraction of sp³-hybridized carbons (Fsp3) is 1.00. The fourth-order valence-electron chi connectivity index (χ4n) is 0.725. The molecule has 0 aromatic rings. The predicted octanol–water partition coefficient (Wildman–Crippen LogP) is 1.66. The highest BCUT2D eigenvalue weighted by Gasteiger charge is 2.28. The van der Waals surface area contributed by atoms with Gasteiger partial charge in [0.05, 0.1) is 6.54 Å². The first-order chi connectivity index (χ1) is 5.62. The highest BCUT2D eigenvalue weighted by Crippen LogP contribution is 2.11. The molecule has 0 atom stereocenters. The topological polar surface area (TPSA) is 21.3 Å². The number of hydrogen-bond acceptors (Lipinski definition) is 2. The Kier molecular flexibility index (Phi) is 6.20. The van der Waals surface area contributed by atoms with E-state index in [1.807, 2.05) is 6.92 Å². The minimum atomic E-state index is -2.73. The maximum Gasteiger partial charge on any atom is 0.283 e. The van der Waals surface area contributed by atoms with Crippen molar-refractivity contribution in [1.29, 1.82) is 0 Å². The Morgan fingerprint density at radius 1 is 1.33 bits per heavy atom. The van der Waals surface area contributed by atoms with Crippen LogP contribution in [0.3, 0.4) is 0 Å². The molecule has 0 radical (unpaired) electrons. The van der Waals surface area contributed by atoms with Crippen LogP contribution >= 0.6 is 0 Å². The van der Waals surface area contributed by atoms with Crippen LogP contribution in [-0.4, -0.2) is 32.2 Å². The Bertz CT molecular complexity index is 109. The van der Waals surface area contributed by atoms with Crippen molar-refractivity contribution >= 4 is 0 Å². The molecule has 0 spiro atoms. The summed E-state index contributed by atoms with van der Waals surface area (Å²) in [4.78, 5) is 0. The predicted molar refractivity (Wildman–Crippen MR) is 44.6 cm³/mol. The van der Waals surface area contributed by atoms with Gasteiger partial charge in [0.2, 0.25) is 0 Å². The Hall–Kier alpha value is -0.220. The largest absolute Gasteiger partial charge is 0.375 e. The van der Waals surface area contributed by atoms with Crippen LogP contribution in [0.5, 0.6) is 0 Å². The summed E-state index contributed by atoms with van der Waals surface area (Å²) in [5.41, 5.74) is 0. The second-order valence-electron chi connectivity index (χ2n) is 2.69. The molecule has 0 saturated carbocycles. The summed E-state index contributed by atoms with van der Waals surface area (Å²) in [5, 5.41) is 2.59. The Labute approximate surface area is 72.3 Å². The highest BCUT2D eigenvalue weighted by atomic mass is 19.3. The summed E-state index contributed by atoms with van der Waals surface area (Å²) in [7, 11) is 0. The summed E-state index contributed by atoms with van der Waals surface area (Å²) in [5.74, 6) is -2.73. The molecule has 2 nitrogen and oxygen atoms in total. The van der Waals surface area contributed by atoms with Crippen LogP contribution in [0.15, 0.2) is 0 Å². The molecule has 0 fully saturated rings. The van der Waals surface area contributed by atoms with Crippen LogP contribution in [0.2, 0.25) is 0 Å². The molecule has 0 aromatic heterocycles. The van der Waals surface area contributed by atoms with Gasteiger partial charge in [0.25, 0.3) is 5.92 Å². The zero-order chi connectivity index (χ0) is 9.45. The van der Waals surface area contributed by atoms with Gasteiger partial charge in [0.15, 0.2) is 0 Å². The van der Waals surface area contributed by atoms with E-state index in [1.54, 1.807) is 6.92 Å². The van der Waals surface area contributed by atoms with Crippen molar-refractivity contribution < 1.29 is 13.5 Å². The van der Waals surface area contributed by atoms with Crippen molar-refractivity contribution in [3.8, 4) is 0 Å². The van der Waals surface area contributed by atoms with Gasteiger partial charge in [-0.3, -0.25) is 0 Å². The molecule has 12 heavy (non-hydrogen) atoms. The number of halogens is 2. The summed E-state index contributed by atoms with van der Waals surface area (Å²) in [6.07, 6.45) is 0.775. The summed E-state index contributed by atoms with van der Waals surface area (Å²) >= 11 is 0. The maximum absolute atomic E-state index is 12.7. The lowest BCUT2D eigenvalue weighted by Crippen LogP contribution is -2.36. The van der Waals surface area contributed by atoms with Gasteiger partial charge in [0.1, 0.15) is 6.61 Å². The van der Waals surface area contributed by atoms with Gasteiger partial charge in [-0.15, -0.1) is 0 Å². The summed E-state index contributed by atoms with van der Waals surface area (Å²) in [6, 6.07) is 0. The third-order valence-electron chi connectivity index (χ3n) is 1.30.